The third kappa shape index (κ3) is 2.81. The lowest BCUT2D eigenvalue weighted by molar-refractivity contribution is 0.164. The molecule has 33 heavy (non-hydrogen) atoms. The lowest BCUT2D eigenvalue weighted by atomic mass is 9.75. The first-order valence-corrected chi connectivity index (χ1v) is 11.9. The smallest absolute Gasteiger partial charge is 0.258 e. The SMILES string of the molecule is CC1(N)CC(n2nc(-c3ccc4ccn(C5CC6(CC6)C5)c(=O)c4c3)c3c(N)nccc32)C1. The number of rotatable bonds is 3. The molecule has 0 amide bonds. The minimum absolute atomic E-state index is 0.0857. The zero-order chi connectivity index (χ0) is 22.5. The van der Waals surface area contributed by atoms with Gasteiger partial charge in [-0.25, -0.2) is 4.98 Å². The second-order valence-corrected chi connectivity index (χ2v) is 11.0. The zero-order valence-corrected chi connectivity index (χ0v) is 18.8. The Bertz CT molecular complexity index is 1490. The fourth-order valence-corrected chi connectivity index (χ4v) is 6.19. The van der Waals surface area contributed by atoms with Crippen molar-refractivity contribution < 1.29 is 0 Å². The van der Waals surface area contributed by atoms with Gasteiger partial charge in [-0.1, -0.05) is 12.1 Å². The second-order valence-electron chi connectivity index (χ2n) is 11.0. The Hall–Kier alpha value is -3.19. The van der Waals surface area contributed by atoms with Crippen LogP contribution in [0.2, 0.25) is 0 Å². The van der Waals surface area contributed by atoms with E-state index in [4.69, 9.17) is 16.6 Å². The monoisotopic (exact) mass is 440 g/mol. The average Bonchev–Trinajstić information content (AvgIpc) is 3.46. The van der Waals surface area contributed by atoms with Gasteiger partial charge in [0.15, 0.2) is 0 Å². The molecule has 0 bridgehead atoms. The number of benzene rings is 1. The van der Waals surface area contributed by atoms with Gasteiger partial charge in [0.2, 0.25) is 0 Å². The van der Waals surface area contributed by atoms with Crippen LogP contribution in [0.15, 0.2) is 47.5 Å². The van der Waals surface area contributed by atoms with E-state index in [1.165, 1.54) is 12.8 Å². The maximum absolute atomic E-state index is 13.4. The van der Waals surface area contributed by atoms with Gasteiger partial charge in [-0.2, -0.15) is 5.10 Å². The van der Waals surface area contributed by atoms with Crippen LogP contribution in [-0.2, 0) is 0 Å². The van der Waals surface area contributed by atoms with Crippen molar-refractivity contribution in [3.05, 3.63) is 53.1 Å². The largest absolute Gasteiger partial charge is 0.383 e. The number of nitrogens with zero attached hydrogens (tertiary/aromatic N) is 4. The molecule has 7 heteroatoms. The molecule has 7 rings (SSSR count). The van der Waals surface area contributed by atoms with Crippen LogP contribution < -0.4 is 17.0 Å². The summed E-state index contributed by atoms with van der Waals surface area (Å²) in [7, 11) is 0. The summed E-state index contributed by atoms with van der Waals surface area (Å²) in [4.78, 5) is 17.8. The van der Waals surface area contributed by atoms with Crippen LogP contribution in [0.25, 0.3) is 32.9 Å². The van der Waals surface area contributed by atoms with E-state index >= 15 is 0 Å². The number of pyridine rings is 2. The number of fused-ring (bicyclic) bond motifs is 2. The highest BCUT2D eigenvalue weighted by Gasteiger charge is 2.53. The quantitative estimate of drug-likeness (QED) is 0.498. The summed E-state index contributed by atoms with van der Waals surface area (Å²) in [6, 6.07) is 10.6. The predicted molar refractivity (Wildman–Crippen MR) is 130 cm³/mol. The topological polar surface area (TPSA) is 105 Å². The first-order chi connectivity index (χ1) is 15.8. The van der Waals surface area contributed by atoms with Crippen molar-refractivity contribution in [2.45, 2.75) is 63.1 Å². The summed E-state index contributed by atoms with van der Waals surface area (Å²) in [5, 5.41) is 7.51. The molecular weight excluding hydrogens is 412 g/mol. The van der Waals surface area contributed by atoms with Crippen molar-refractivity contribution in [1.29, 1.82) is 0 Å². The van der Waals surface area contributed by atoms with E-state index in [2.05, 4.69) is 18.0 Å². The van der Waals surface area contributed by atoms with E-state index < -0.39 is 0 Å². The molecule has 3 aromatic heterocycles. The molecule has 3 heterocycles. The van der Waals surface area contributed by atoms with Crippen LogP contribution in [0.4, 0.5) is 5.82 Å². The van der Waals surface area contributed by atoms with Crippen molar-refractivity contribution in [2.24, 2.45) is 11.1 Å². The highest BCUT2D eigenvalue weighted by Crippen LogP contribution is 2.64. The lowest BCUT2D eigenvalue weighted by Crippen LogP contribution is -2.49. The summed E-state index contributed by atoms with van der Waals surface area (Å²) < 4.78 is 3.99. The summed E-state index contributed by atoms with van der Waals surface area (Å²) in [5.41, 5.74) is 15.7. The van der Waals surface area contributed by atoms with Gasteiger partial charge >= 0.3 is 0 Å². The molecule has 3 saturated carbocycles. The molecule has 3 fully saturated rings. The number of aromatic nitrogens is 4. The number of hydrogen-bond acceptors (Lipinski definition) is 5. The molecule has 1 aromatic carbocycles. The maximum atomic E-state index is 13.4. The molecule has 3 aliphatic carbocycles. The number of nitrogen functional groups attached to an aromatic ring is 1. The highest BCUT2D eigenvalue weighted by molar-refractivity contribution is 6.01. The number of nitrogens with two attached hydrogens (primary N) is 2. The molecule has 0 unspecified atom stereocenters. The van der Waals surface area contributed by atoms with E-state index in [1.807, 2.05) is 39.7 Å². The Kier molecular flexibility index (Phi) is 3.64. The van der Waals surface area contributed by atoms with E-state index in [-0.39, 0.29) is 17.1 Å². The molecular formula is C26H28N6O. The van der Waals surface area contributed by atoms with Crippen LogP contribution in [0.3, 0.4) is 0 Å². The first kappa shape index (κ1) is 19.3. The molecule has 3 aliphatic rings. The summed E-state index contributed by atoms with van der Waals surface area (Å²) in [5.74, 6) is 0.457. The van der Waals surface area contributed by atoms with Gasteiger partial charge in [-0.05, 0) is 74.4 Å². The van der Waals surface area contributed by atoms with Crippen molar-refractivity contribution >= 4 is 27.5 Å². The molecule has 0 atom stereocenters. The highest BCUT2D eigenvalue weighted by atomic mass is 16.1. The Labute approximate surface area is 191 Å². The molecule has 0 saturated heterocycles. The maximum Gasteiger partial charge on any atom is 0.258 e. The van der Waals surface area contributed by atoms with Crippen molar-refractivity contribution in [1.82, 2.24) is 19.3 Å². The van der Waals surface area contributed by atoms with Gasteiger partial charge in [0.25, 0.3) is 5.56 Å². The van der Waals surface area contributed by atoms with E-state index in [0.717, 1.165) is 58.6 Å². The molecule has 0 radical (unpaired) electrons. The van der Waals surface area contributed by atoms with Crippen molar-refractivity contribution in [2.75, 3.05) is 5.73 Å². The third-order valence-corrected chi connectivity index (χ3v) is 8.29. The van der Waals surface area contributed by atoms with Gasteiger partial charge in [-0.3, -0.25) is 9.48 Å². The normalized spacial score (nSPS) is 25.9. The van der Waals surface area contributed by atoms with Gasteiger partial charge < -0.3 is 16.0 Å². The molecule has 168 valence electrons. The molecule has 1 spiro atoms. The van der Waals surface area contributed by atoms with Crippen molar-refractivity contribution in [3.63, 3.8) is 0 Å². The third-order valence-electron chi connectivity index (χ3n) is 8.29. The molecule has 4 N–H and O–H groups in total. The van der Waals surface area contributed by atoms with Gasteiger partial charge in [-0.15, -0.1) is 0 Å². The van der Waals surface area contributed by atoms with Crippen LogP contribution >= 0.6 is 0 Å². The fraction of sp³-hybridized carbons (Fsp3) is 0.423. The van der Waals surface area contributed by atoms with Crippen LogP contribution in [0.1, 0.15) is 57.5 Å². The van der Waals surface area contributed by atoms with E-state index in [9.17, 15) is 4.79 Å². The Morgan fingerprint density at radius 1 is 1.06 bits per heavy atom. The summed E-state index contributed by atoms with van der Waals surface area (Å²) >= 11 is 0. The number of anilines is 1. The Balaban J connectivity index is 1.36. The van der Waals surface area contributed by atoms with Gasteiger partial charge in [0.05, 0.1) is 16.9 Å². The molecule has 0 aliphatic heterocycles. The van der Waals surface area contributed by atoms with Gasteiger partial charge in [0.1, 0.15) is 11.5 Å². The summed E-state index contributed by atoms with van der Waals surface area (Å²) in [6.45, 7) is 2.08. The minimum Gasteiger partial charge on any atom is -0.383 e. The Morgan fingerprint density at radius 3 is 2.58 bits per heavy atom. The standard InChI is InChI=1S/C26H28N6O/c1-25(28)11-18(12-25)32-20-4-8-29-23(27)21(20)22(30-32)16-3-2-15-5-9-31(24(33)19(15)10-16)17-13-26(14-17)6-7-26/h2-5,8-10,17-18H,6-7,11-14,28H2,1H3,(H2,27,29). The summed E-state index contributed by atoms with van der Waals surface area (Å²) in [6.07, 6.45) is 10.4. The van der Waals surface area contributed by atoms with Gasteiger partial charge in [0, 0.05) is 34.9 Å². The second kappa shape index (κ2) is 6.23. The van der Waals surface area contributed by atoms with Crippen molar-refractivity contribution in [3.8, 4) is 11.3 Å². The fourth-order valence-electron chi connectivity index (χ4n) is 6.19. The lowest BCUT2D eigenvalue weighted by Gasteiger charge is -2.42. The van der Waals surface area contributed by atoms with Crippen LogP contribution in [0.5, 0.6) is 0 Å². The van der Waals surface area contributed by atoms with E-state index in [0.29, 0.717) is 17.3 Å². The molecule has 7 nitrogen and oxygen atoms in total. The van der Waals surface area contributed by atoms with Crippen LogP contribution in [0, 0.1) is 5.41 Å². The predicted octanol–water partition coefficient (Wildman–Crippen LogP) is 4.16. The van der Waals surface area contributed by atoms with E-state index in [1.54, 1.807) is 6.20 Å². The number of hydrogen-bond donors (Lipinski definition) is 2. The zero-order valence-electron chi connectivity index (χ0n) is 18.8. The Morgan fingerprint density at radius 2 is 1.85 bits per heavy atom. The minimum atomic E-state index is -0.156. The first-order valence-electron chi connectivity index (χ1n) is 11.9. The average molecular weight is 441 g/mol. The van der Waals surface area contributed by atoms with Crippen LogP contribution in [-0.4, -0.2) is 24.9 Å². The molecule has 4 aromatic rings.